The van der Waals surface area contributed by atoms with Gasteiger partial charge in [-0.1, -0.05) is 25.1 Å². The molecule has 6 heteroatoms. The molecule has 2 aromatic rings. The van der Waals surface area contributed by atoms with Gasteiger partial charge in [0.2, 0.25) is 0 Å². The number of anilines is 1. The van der Waals surface area contributed by atoms with Gasteiger partial charge in [-0.05, 0) is 49.2 Å². The third-order valence-electron chi connectivity index (χ3n) is 5.13. The van der Waals surface area contributed by atoms with E-state index in [1.807, 2.05) is 54.3 Å². The summed E-state index contributed by atoms with van der Waals surface area (Å²) < 4.78 is 5.24. The first-order valence-electron chi connectivity index (χ1n) is 9.69. The van der Waals surface area contributed by atoms with Crippen molar-refractivity contribution in [2.24, 2.45) is 0 Å². The lowest BCUT2D eigenvalue weighted by Gasteiger charge is -2.31. The quantitative estimate of drug-likeness (QED) is 0.793. The summed E-state index contributed by atoms with van der Waals surface area (Å²) in [6, 6.07) is 15.0. The molecule has 3 rings (SSSR count). The zero-order chi connectivity index (χ0) is 20.1. The van der Waals surface area contributed by atoms with Crippen LogP contribution in [0, 0.1) is 0 Å². The van der Waals surface area contributed by atoms with E-state index in [2.05, 4.69) is 12.2 Å². The summed E-state index contributed by atoms with van der Waals surface area (Å²) in [5.41, 5.74) is 2.41. The Bertz CT molecular complexity index is 835. The summed E-state index contributed by atoms with van der Waals surface area (Å²) in [7, 11) is 1.64. The Kier molecular flexibility index (Phi) is 6.19. The summed E-state index contributed by atoms with van der Waals surface area (Å²) in [5, 5.41) is 2.79. The molecule has 1 saturated heterocycles. The molecule has 148 valence electrons. The molecular weight excluding hydrogens is 354 g/mol. The van der Waals surface area contributed by atoms with Crippen molar-refractivity contribution in [3.05, 3.63) is 59.7 Å². The van der Waals surface area contributed by atoms with E-state index in [0.717, 1.165) is 23.4 Å². The van der Waals surface area contributed by atoms with Gasteiger partial charge in [0, 0.05) is 30.9 Å². The standard InChI is InChI=1S/C22H27N3O3/c1-4-20(16-9-11-19(28-3)12-10-16)24(5-2)21(26)17-7-6-8-18(15-17)25-14-13-23-22(25)27/h6-12,15,20H,4-5,13-14H2,1-3H3,(H,23,27)/t20-/m1/s1. The lowest BCUT2D eigenvalue weighted by molar-refractivity contribution is 0.0683. The number of methoxy groups -OCH3 is 1. The van der Waals surface area contributed by atoms with Gasteiger partial charge < -0.3 is 15.0 Å². The van der Waals surface area contributed by atoms with E-state index in [0.29, 0.717) is 25.2 Å². The van der Waals surface area contributed by atoms with Crippen molar-refractivity contribution in [1.82, 2.24) is 10.2 Å². The van der Waals surface area contributed by atoms with Crippen molar-refractivity contribution in [2.75, 3.05) is 31.6 Å². The molecule has 0 aromatic heterocycles. The highest BCUT2D eigenvalue weighted by Crippen LogP contribution is 2.28. The second kappa shape index (κ2) is 8.78. The number of benzene rings is 2. The largest absolute Gasteiger partial charge is 0.497 e. The van der Waals surface area contributed by atoms with E-state index < -0.39 is 0 Å². The van der Waals surface area contributed by atoms with E-state index in [9.17, 15) is 9.59 Å². The fourth-order valence-corrected chi connectivity index (χ4v) is 3.66. The molecule has 0 saturated carbocycles. The highest BCUT2D eigenvalue weighted by Gasteiger charge is 2.26. The Morgan fingerprint density at radius 1 is 1.21 bits per heavy atom. The van der Waals surface area contributed by atoms with Crippen LogP contribution in [-0.4, -0.2) is 43.6 Å². The molecule has 1 N–H and O–H groups in total. The van der Waals surface area contributed by atoms with Crippen LogP contribution in [-0.2, 0) is 0 Å². The van der Waals surface area contributed by atoms with Gasteiger partial charge >= 0.3 is 6.03 Å². The van der Waals surface area contributed by atoms with Crippen LogP contribution in [0.5, 0.6) is 5.75 Å². The predicted molar refractivity (Wildman–Crippen MR) is 110 cm³/mol. The number of hydrogen-bond donors (Lipinski definition) is 1. The van der Waals surface area contributed by atoms with Crippen molar-refractivity contribution in [3.8, 4) is 5.75 Å². The zero-order valence-corrected chi connectivity index (χ0v) is 16.6. The summed E-state index contributed by atoms with van der Waals surface area (Å²) in [6.45, 7) is 5.89. The number of amides is 3. The fourth-order valence-electron chi connectivity index (χ4n) is 3.66. The average Bonchev–Trinajstić information content (AvgIpc) is 3.17. The highest BCUT2D eigenvalue weighted by molar-refractivity contribution is 5.98. The summed E-state index contributed by atoms with van der Waals surface area (Å²) in [5.74, 6) is 0.760. The summed E-state index contributed by atoms with van der Waals surface area (Å²) in [4.78, 5) is 28.8. The number of hydrogen-bond acceptors (Lipinski definition) is 3. The number of nitrogens with zero attached hydrogens (tertiary/aromatic N) is 2. The van der Waals surface area contributed by atoms with E-state index in [-0.39, 0.29) is 18.0 Å². The molecule has 1 atom stereocenters. The van der Waals surface area contributed by atoms with Crippen molar-refractivity contribution in [1.29, 1.82) is 0 Å². The van der Waals surface area contributed by atoms with Gasteiger partial charge in [0.25, 0.3) is 5.91 Å². The van der Waals surface area contributed by atoms with Crippen LogP contribution in [0.1, 0.15) is 42.2 Å². The van der Waals surface area contributed by atoms with Crippen LogP contribution in [0.3, 0.4) is 0 Å². The fraction of sp³-hybridized carbons (Fsp3) is 0.364. The van der Waals surface area contributed by atoms with E-state index >= 15 is 0 Å². The van der Waals surface area contributed by atoms with E-state index in [1.54, 1.807) is 18.1 Å². The first kappa shape index (κ1) is 19.7. The number of urea groups is 1. The summed E-state index contributed by atoms with van der Waals surface area (Å²) >= 11 is 0. The van der Waals surface area contributed by atoms with Gasteiger partial charge in [-0.2, -0.15) is 0 Å². The highest BCUT2D eigenvalue weighted by atomic mass is 16.5. The third-order valence-corrected chi connectivity index (χ3v) is 5.13. The summed E-state index contributed by atoms with van der Waals surface area (Å²) in [6.07, 6.45) is 0.806. The minimum Gasteiger partial charge on any atom is -0.497 e. The van der Waals surface area contributed by atoms with Crippen LogP contribution in [0.15, 0.2) is 48.5 Å². The van der Waals surface area contributed by atoms with Gasteiger partial charge in [0.15, 0.2) is 0 Å². The number of rotatable bonds is 7. The molecule has 0 aliphatic carbocycles. The minimum atomic E-state index is -0.124. The maximum absolute atomic E-state index is 13.3. The average molecular weight is 381 g/mol. The van der Waals surface area contributed by atoms with Gasteiger partial charge in [0.1, 0.15) is 5.75 Å². The van der Waals surface area contributed by atoms with Gasteiger partial charge in [0.05, 0.1) is 13.2 Å². The minimum absolute atomic E-state index is 0.0258. The molecule has 6 nitrogen and oxygen atoms in total. The molecule has 28 heavy (non-hydrogen) atoms. The maximum atomic E-state index is 13.3. The molecule has 1 heterocycles. The van der Waals surface area contributed by atoms with Crippen LogP contribution >= 0.6 is 0 Å². The Morgan fingerprint density at radius 2 is 1.96 bits per heavy atom. The van der Waals surface area contributed by atoms with E-state index in [1.165, 1.54) is 0 Å². The first-order valence-corrected chi connectivity index (χ1v) is 9.69. The molecule has 0 spiro atoms. The topological polar surface area (TPSA) is 61.9 Å². The SMILES string of the molecule is CC[C@H](c1ccc(OC)cc1)N(CC)C(=O)c1cccc(N2CCNC2=O)c1. The van der Waals surface area contributed by atoms with Crippen LogP contribution in [0.2, 0.25) is 0 Å². The molecule has 1 fully saturated rings. The zero-order valence-electron chi connectivity index (χ0n) is 16.6. The monoisotopic (exact) mass is 381 g/mol. The van der Waals surface area contributed by atoms with E-state index in [4.69, 9.17) is 4.74 Å². The predicted octanol–water partition coefficient (Wildman–Crippen LogP) is 3.84. The number of nitrogens with one attached hydrogen (secondary N) is 1. The van der Waals surface area contributed by atoms with Crippen molar-refractivity contribution >= 4 is 17.6 Å². The van der Waals surface area contributed by atoms with Crippen LogP contribution in [0.4, 0.5) is 10.5 Å². The molecule has 2 aromatic carbocycles. The maximum Gasteiger partial charge on any atom is 0.321 e. The molecule has 0 unspecified atom stereocenters. The molecule has 0 bridgehead atoms. The molecule has 1 aliphatic heterocycles. The molecule has 3 amide bonds. The number of ether oxygens (including phenoxy) is 1. The third kappa shape index (κ3) is 3.96. The Morgan fingerprint density at radius 3 is 2.54 bits per heavy atom. The molecule has 1 aliphatic rings. The normalized spacial score (nSPS) is 14.5. The van der Waals surface area contributed by atoms with Crippen LogP contribution < -0.4 is 15.0 Å². The molecular formula is C22H27N3O3. The second-order valence-electron chi connectivity index (χ2n) is 6.72. The van der Waals surface area contributed by atoms with Gasteiger partial charge in [-0.3, -0.25) is 9.69 Å². The van der Waals surface area contributed by atoms with Crippen LogP contribution in [0.25, 0.3) is 0 Å². The van der Waals surface area contributed by atoms with Gasteiger partial charge in [-0.25, -0.2) is 4.79 Å². The molecule has 0 radical (unpaired) electrons. The van der Waals surface area contributed by atoms with Crippen molar-refractivity contribution in [2.45, 2.75) is 26.3 Å². The lowest BCUT2D eigenvalue weighted by atomic mass is 10.0. The Balaban J connectivity index is 1.86. The van der Waals surface area contributed by atoms with Crippen molar-refractivity contribution < 1.29 is 14.3 Å². The first-order chi connectivity index (χ1) is 13.6. The number of carbonyl (C=O) groups excluding carboxylic acids is 2. The second-order valence-corrected chi connectivity index (χ2v) is 6.72. The van der Waals surface area contributed by atoms with Crippen molar-refractivity contribution in [3.63, 3.8) is 0 Å². The number of carbonyl (C=O) groups is 2. The lowest BCUT2D eigenvalue weighted by Crippen LogP contribution is -2.35. The Labute approximate surface area is 166 Å². The van der Waals surface area contributed by atoms with Gasteiger partial charge in [-0.15, -0.1) is 0 Å². The smallest absolute Gasteiger partial charge is 0.321 e. The Hall–Kier alpha value is -3.02.